The van der Waals surface area contributed by atoms with Crippen molar-refractivity contribution < 1.29 is 9.53 Å². The highest BCUT2D eigenvalue weighted by Crippen LogP contribution is 2.25. The van der Waals surface area contributed by atoms with E-state index >= 15 is 0 Å². The van der Waals surface area contributed by atoms with Crippen LogP contribution in [0.4, 0.5) is 0 Å². The molecule has 0 aliphatic carbocycles. The number of methoxy groups -OCH3 is 1. The molecular formula is C20H22N4O3. The minimum absolute atomic E-state index is 0.0676. The van der Waals surface area contributed by atoms with Crippen LogP contribution in [-0.2, 0) is 11.3 Å². The van der Waals surface area contributed by atoms with Crippen LogP contribution in [0.5, 0.6) is 0 Å². The second kappa shape index (κ2) is 7.36. The highest BCUT2D eigenvalue weighted by atomic mass is 16.5. The standard InChI is InChI=1S/C20H22N4O3/c1-27-12-11-22-13-16(19(25)23-9-5-6-10-23)18-17(14-22)20(26)24(21-18)15-7-3-2-4-8-15/h2-4,7-8,13-14H,5-6,9-12H2,1H3. The van der Waals surface area contributed by atoms with Gasteiger partial charge < -0.3 is 14.2 Å². The summed E-state index contributed by atoms with van der Waals surface area (Å²) in [5, 5.41) is 4.51. The molecular weight excluding hydrogens is 344 g/mol. The number of amides is 1. The molecule has 3 heterocycles. The molecule has 0 aromatic heterocycles. The molecule has 4 rings (SSSR count). The van der Waals surface area contributed by atoms with Gasteiger partial charge in [-0.2, -0.15) is 9.78 Å². The minimum Gasteiger partial charge on any atom is -0.383 e. The van der Waals surface area contributed by atoms with Gasteiger partial charge in [-0.1, -0.05) is 18.2 Å². The first-order chi connectivity index (χ1) is 13.2. The number of nitrogens with zero attached hydrogens (tertiary/aromatic N) is 4. The fourth-order valence-electron chi connectivity index (χ4n) is 3.48. The molecule has 3 aliphatic heterocycles. The van der Waals surface area contributed by atoms with Crippen molar-refractivity contribution in [2.75, 3.05) is 26.8 Å². The predicted octanol–water partition coefficient (Wildman–Crippen LogP) is 2.02. The lowest BCUT2D eigenvalue weighted by Crippen LogP contribution is -2.29. The third kappa shape index (κ3) is 3.26. The Hall–Kier alpha value is -2.93. The molecule has 0 N–H and O–H groups in total. The molecule has 140 valence electrons. The lowest BCUT2D eigenvalue weighted by molar-refractivity contribution is 0.0792. The third-order valence-corrected chi connectivity index (χ3v) is 4.90. The second-order valence-electron chi connectivity index (χ2n) is 6.72. The van der Waals surface area contributed by atoms with Crippen LogP contribution in [0.2, 0.25) is 0 Å². The fourth-order valence-corrected chi connectivity index (χ4v) is 3.48. The molecule has 0 unspecified atom stereocenters. The number of para-hydroxylation sites is 1. The number of carbonyl (C=O) groups excluding carboxylic acids is 1. The number of hydrogen-bond donors (Lipinski definition) is 0. The molecule has 0 saturated carbocycles. The number of benzene rings is 1. The zero-order chi connectivity index (χ0) is 18.8. The quantitative estimate of drug-likeness (QED) is 0.693. The Kier molecular flexibility index (Phi) is 4.77. The van der Waals surface area contributed by atoms with Crippen molar-refractivity contribution in [3.63, 3.8) is 0 Å². The van der Waals surface area contributed by atoms with E-state index in [2.05, 4.69) is 5.10 Å². The summed E-state index contributed by atoms with van der Waals surface area (Å²) in [6.45, 7) is 2.55. The zero-order valence-corrected chi connectivity index (χ0v) is 15.3. The maximum atomic E-state index is 13.1. The number of aromatic nitrogens is 3. The van der Waals surface area contributed by atoms with Gasteiger partial charge in [0.25, 0.3) is 11.5 Å². The first kappa shape index (κ1) is 17.5. The Balaban J connectivity index is 1.86. The molecule has 1 amide bonds. The van der Waals surface area contributed by atoms with E-state index < -0.39 is 0 Å². The van der Waals surface area contributed by atoms with Crippen molar-refractivity contribution in [1.29, 1.82) is 0 Å². The van der Waals surface area contributed by atoms with Gasteiger partial charge in [-0.25, -0.2) is 0 Å². The number of fused-ring (bicyclic) bond motifs is 1. The van der Waals surface area contributed by atoms with Crippen molar-refractivity contribution >= 4 is 5.91 Å². The first-order valence-corrected chi connectivity index (χ1v) is 9.15. The zero-order valence-electron chi connectivity index (χ0n) is 15.3. The summed E-state index contributed by atoms with van der Waals surface area (Å²) >= 11 is 0. The van der Waals surface area contributed by atoms with Gasteiger partial charge in [-0.3, -0.25) is 9.59 Å². The Bertz CT molecular complexity index is 971. The normalized spacial score (nSPS) is 14.2. The average Bonchev–Trinajstić information content (AvgIpc) is 3.35. The van der Waals surface area contributed by atoms with Crippen LogP contribution < -0.4 is 5.56 Å². The average molecular weight is 366 g/mol. The Morgan fingerprint density at radius 2 is 1.89 bits per heavy atom. The second-order valence-corrected chi connectivity index (χ2v) is 6.72. The third-order valence-electron chi connectivity index (χ3n) is 4.90. The van der Waals surface area contributed by atoms with E-state index in [-0.39, 0.29) is 11.5 Å². The molecule has 1 fully saturated rings. The summed E-state index contributed by atoms with van der Waals surface area (Å²) in [5.41, 5.74) is 1.83. The molecule has 1 aromatic rings. The van der Waals surface area contributed by atoms with Crippen molar-refractivity contribution in [3.05, 3.63) is 58.6 Å². The van der Waals surface area contributed by atoms with Crippen LogP contribution in [0.3, 0.4) is 0 Å². The van der Waals surface area contributed by atoms with E-state index in [0.29, 0.717) is 35.7 Å². The Morgan fingerprint density at radius 3 is 2.59 bits per heavy atom. The predicted molar refractivity (Wildman–Crippen MR) is 101 cm³/mol. The summed E-state index contributed by atoms with van der Waals surface area (Å²) in [6, 6.07) is 9.26. The molecule has 1 saturated heterocycles. The first-order valence-electron chi connectivity index (χ1n) is 9.15. The topological polar surface area (TPSA) is 69.4 Å². The van der Waals surface area contributed by atoms with Crippen molar-refractivity contribution in [1.82, 2.24) is 19.2 Å². The lowest BCUT2D eigenvalue weighted by atomic mass is 10.1. The van der Waals surface area contributed by atoms with Gasteiger partial charge in [-0.05, 0) is 25.0 Å². The maximum absolute atomic E-state index is 13.1. The maximum Gasteiger partial charge on any atom is 0.282 e. The van der Waals surface area contributed by atoms with E-state index in [1.54, 1.807) is 19.5 Å². The van der Waals surface area contributed by atoms with Gasteiger partial charge in [0.1, 0.15) is 5.69 Å². The van der Waals surface area contributed by atoms with E-state index in [9.17, 15) is 9.59 Å². The van der Waals surface area contributed by atoms with Gasteiger partial charge in [0, 0.05) is 39.1 Å². The van der Waals surface area contributed by atoms with Crippen LogP contribution in [0.25, 0.3) is 16.9 Å². The molecule has 0 atom stereocenters. The Labute approximate surface area is 157 Å². The monoisotopic (exact) mass is 366 g/mol. The van der Waals surface area contributed by atoms with E-state index in [1.807, 2.05) is 39.8 Å². The van der Waals surface area contributed by atoms with Crippen molar-refractivity contribution in [2.45, 2.75) is 19.4 Å². The highest BCUT2D eigenvalue weighted by molar-refractivity contribution is 6.00. The molecule has 1 aromatic carbocycles. The SMILES string of the molecule is COCCn1cc(C(=O)N2CCCC2)c2nn(-c3ccccc3)c(=O)c-2c1. The number of hydrogen-bond acceptors (Lipinski definition) is 4. The van der Waals surface area contributed by atoms with E-state index in [1.165, 1.54) is 4.68 Å². The summed E-state index contributed by atoms with van der Waals surface area (Å²) < 4.78 is 8.36. The largest absolute Gasteiger partial charge is 0.383 e. The summed E-state index contributed by atoms with van der Waals surface area (Å²) in [6.07, 6.45) is 5.56. The molecule has 0 radical (unpaired) electrons. The van der Waals surface area contributed by atoms with Gasteiger partial charge in [0.2, 0.25) is 0 Å². The molecule has 3 aliphatic rings. The van der Waals surface area contributed by atoms with Crippen molar-refractivity contribution in [3.8, 4) is 16.9 Å². The molecule has 7 heteroatoms. The van der Waals surface area contributed by atoms with E-state index in [4.69, 9.17) is 4.74 Å². The van der Waals surface area contributed by atoms with Crippen LogP contribution in [0.15, 0.2) is 47.5 Å². The Morgan fingerprint density at radius 1 is 1.15 bits per heavy atom. The van der Waals surface area contributed by atoms with Crippen LogP contribution in [0, 0.1) is 0 Å². The molecule has 7 nitrogen and oxygen atoms in total. The molecule has 0 spiro atoms. The summed E-state index contributed by atoms with van der Waals surface area (Å²) in [4.78, 5) is 27.9. The fraction of sp³-hybridized carbons (Fsp3) is 0.350. The lowest BCUT2D eigenvalue weighted by Gasteiger charge is -2.18. The van der Waals surface area contributed by atoms with Gasteiger partial charge in [0.05, 0.1) is 23.4 Å². The number of pyridine rings is 1. The number of likely N-dealkylation sites (tertiary alicyclic amines) is 1. The highest BCUT2D eigenvalue weighted by Gasteiger charge is 2.28. The minimum atomic E-state index is -0.224. The van der Waals surface area contributed by atoms with Gasteiger partial charge in [0.15, 0.2) is 0 Å². The summed E-state index contributed by atoms with van der Waals surface area (Å²) in [7, 11) is 1.63. The van der Waals surface area contributed by atoms with Crippen molar-refractivity contribution in [2.24, 2.45) is 0 Å². The van der Waals surface area contributed by atoms with Gasteiger partial charge in [-0.15, -0.1) is 0 Å². The van der Waals surface area contributed by atoms with Gasteiger partial charge >= 0.3 is 0 Å². The van der Waals surface area contributed by atoms with Crippen LogP contribution in [-0.4, -0.2) is 52.0 Å². The van der Waals surface area contributed by atoms with Crippen LogP contribution in [0.1, 0.15) is 23.2 Å². The number of ether oxygens (including phenoxy) is 1. The molecule has 27 heavy (non-hydrogen) atoms. The number of rotatable bonds is 5. The smallest absolute Gasteiger partial charge is 0.282 e. The van der Waals surface area contributed by atoms with Crippen LogP contribution >= 0.6 is 0 Å². The van der Waals surface area contributed by atoms with E-state index in [0.717, 1.165) is 25.9 Å². The number of carbonyl (C=O) groups is 1. The molecule has 0 bridgehead atoms. The summed E-state index contributed by atoms with van der Waals surface area (Å²) in [5.74, 6) is -0.0676.